The fraction of sp³-hybridized carbons (Fsp3) is 0.154. The summed E-state index contributed by atoms with van der Waals surface area (Å²) >= 11 is 0. The van der Waals surface area contributed by atoms with Crippen LogP contribution in [-0.2, 0) is 20.5 Å². The first kappa shape index (κ1) is 22.5. The minimum absolute atomic E-state index is 0.130. The Labute approximate surface area is 191 Å². The zero-order valence-electron chi connectivity index (χ0n) is 17.6. The van der Waals surface area contributed by atoms with E-state index in [-0.39, 0.29) is 11.2 Å². The fourth-order valence-corrected chi connectivity index (χ4v) is 4.18. The number of benzene rings is 3. The average Bonchev–Trinajstić information content (AvgIpc) is 3.52. The highest BCUT2D eigenvalue weighted by Gasteiger charge is 2.45. The van der Waals surface area contributed by atoms with E-state index in [4.69, 9.17) is 9.52 Å². The van der Waals surface area contributed by atoms with Crippen LogP contribution >= 0.6 is 0 Å². The molecule has 0 atom stereocenters. The second-order valence-corrected chi connectivity index (χ2v) is 8.67. The molecule has 0 bridgehead atoms. The predicted molar refractivity (Wildman–Crippen MR) is 125 cm³/mol. The number of halogens is 1. The van der Waals surface area contributed by atoms with Gasteiger partial charge in [0.1, 0.15) is 17.2 Å². The first-order valence-corrected chi connectivity index (χ1v) is 11.5. The number of hydrogen-bond acceptors (Lipinski definition) is 4. The quantitative estimate of drug-likeness (QED) is 0.397. The zero-order valence-corrected chi connectivity index (χ0v) is 18.4. The molecule has 7 heteroatoms. The second kappa shape index (κ2) is 9.42. The maximum Gasteiger partial charge on any atom is 0.308 e. The van der Waals surface area contributed by atoms with Gasteiger partial charge in [0.25, 0.3) is 0 Å². The highest BCUT2D eigenvalue weighted by atomic mass is 32.2. The number of carbonyl (C=O) groups is 1. The number of furan rings is 1. The van der Waals surface area contributed by atoms with Crippen molar-refractivity contribution in [1.29, 1.82) is 0 Å². The summed E-state index contributed by atoms with van der Waals surface area (Å²) in [6.45, 7) is 0. The highest BCUT2D eigenvalue weighted by molar-refractivity contribution is 7.71. The van der Waals surface area contributed by atoms with Crippen LogP contribution in [0.1, 0.15) is 30.4 Å². The molecule has 5 rings (SSSR count). The van der Waals surface area contributed by atoms with Crippen LogP contribution in [0.3, 0.4) is 0 Å². The molecular weight excluding hydrogens is 443 g/mol. The predicted octanol–water partition coefficient (Wildman–Crippen LogP) is 5.46. The lowest BCUT2D eigenvalue weighted by Gasteiger charge is -2.16. The molecule has 168 valence electrons. The lowest BCUT2D eigenvalue weighted by Crippen LogP contribution is -2.07. The van der Waals surface area contributed by atoms with E-state index in [0.717, 1.165) is 11.0 Å². The molecule has 1 fully saturated rings. The summed E-state index contributed by atoms with van der Waals surface area (Å²) in [5, 5.41) is 9.57. The third kappa shape index (κ3) is 5.04. The molecule has 0 saturated heterocycles. The van der Waals surface area contributed by atoms with Crippen LogP contribution in [0.25, 0.3) is 22.3 Å². The van der Waals surface area contributed by atoms with Gasteiger partial charge < -0.3 is 9.52 Å². The Morgan fingerprint density at radius 2 is 1.67 bits per heavy atom. The van der Waals surface area contributed by atoms with Gasteiger partial charge in [-0.2, -0.15) is 8.42 Å². The molecule has 0 amide bonds. The molecule has 1 aliphatic carbocycles. The van der Waals surface area contributed by atoms with Gasteiger partial charge in [-0.25, -0.2) is 4.39 Å². The molecule has 1 N–H and O–H groups in total. The second-order valence-electron chi connectivity index (χ2n) is 7.82. The Morgan fingerprint density at radius 1 is 0.970 bits per heavy atom. The van der Waals surface area contributed by atoms with E-state index < -0.39 is 22.7 Å². The van der Waals surface area contributed by atoms with Crippen molar-refractivity contribution in [2.75, 3.05) is 0 Å². The van der Waals surface area contributed by atoms with Crippen LogP contribution in [0.4, 0.5) is 4.39 Å². The molecule has 3 aromatic carbocycles. The third-order valence-electron chi connectivity index (χ3n) is 5.68. The van der Waals surface area contributed by atoms with Crippen LogP contribution in [0.5, 0.6) is 0 Å². The number of hydrogen-bond donors (Lipinski definition) is 1. The zero-order chi connectivity index (χ0) is 23.4. The molecule has 1 aliphatic rings. The molecule has 33 heavy (non-hydrogen) atoms. The summed E-state index contributed by atoms with van der Waals surface area (Å²) in [5.41, 5.74) is 4.11. The van der Waals surface area contributed by atoms with E-state index in [9.17, 15) is 17.6 Å². The Balaban J connectivity index is 0.000000281. The van der Waals surface area contributed by atoms with Crippen LogP contribution in [0.2, 0.25) is 0 Å². The van der Waals surface area contributed by atoms with Crippen molar-refractivity contribution in [3.63, 3.8) is 0 Å². The summed E-state index contributed by atoms with van der Waals surface area (Å²) in [6.07, 6.45) is 1.90. The van der Waals surface area contributed by atoms with Crippen LogP contribution in [0.15, 0.2) is 83.3 Å². The number of carboxylic acids is 1. The van der Waals surface area contributed by atoms with Crippen molar-refractivity contribution in [2.24, 2.45) is 0 Å². The smallest absolute Gasteiger partial charge is 0.308 e. The minimum atomic E-state index is -2.34. The van der Waals surface area contributed by atoms with Crippen LogP contribution < -0.4 is 0 Å². The largest absolute Gasteiger partial charge is 0.481 e. The summed E-state index contributed by atoms with van der Waals surface area (Å²) < 4.78 is 39.1. The molecule has 0 radical (unpaired) electrons. The lowest BCUT2D eigenvalue weighted by molar-refractivity contribution is -0.135. The van der Waals surface area contributed by atoms with Gasteiger partial charge in [0.2, 0.25) is 10.3 Å². The number of fused-ring (bicyclic) bond motifs is 1. The molecule has 1 saturated carbocycles. The van der Waals surface area contributed by atoms with Gasteiger partial charge in [0.05, 0.1) is 12.0 Å². The third-order valence-corrected chi connectivity index (χ3v) is 6.12. The molecule has 0 unspecified atom stereocenters. The highest BCUT2D eigenvalue weighted by Crippen LogP contribution is 2.53. The van der Waals surface area contributed by atoms with Gasteiger partial charge in [0.15, 0.2) is 0 Å². The Hall–Kier alpha value is -3.71. The monoisotopic (exact) mass is 464 g/mol. The van der Waals surface area contributed by atoms with E-state index in [0.29, 0.717) is 16.7 Å². The first-order chi connectivity index (χ1) is 15.9. The maximum atomic E-state index is 14.0. The summed E-state index contributed by atoms with van der Waals surface area (Å²) in [7, 11) is -2.34. The molecule has 0 spiro atoms. The van der Waals surface area contributed by atoms with E-state index >= 15 is 0 Å². The van der Waals surface area contributed by atoms with Crippen LogP contribution in [0, 0.1) is 5.82 Å². The molecule has 1 heterocycles. The number of rotatable bonds is 5. The molecule has 4 aromatic rings. The lowest BCUT2D eigenvalue weighted by atomic mass is 9.87. The van der Waals surface area contributed by atoms with Crippen molar-refractivity contribution >= 4 is 32.6 Å². The van der Waals surface area contributed by atoms with Gasteiger partial charge in [0, 0.05) is 16.2 Å². The molecule has 0 aliphatic heterocycles. The summed E-state index contributed by atoms with van der Waals surface area (Å²) in [6, 6.07) is 25.7. The topological polar surface area (TPSA) is 84.6 Å². The normalized spacial score (nSPS) is 13.6. The van der Waals surface area contributed by atoms with Crippen molar-refractivity contribution in [1.82, 2.24) is 0 Å². The SMILES string of the molecule is Fc1ccccc1-c1cc2cc(C3(c4ccccc4)CC3)ccc2o1.O=C(O)CC=S(=O)=O. The average molecular weight is 465 g/mol. The van der Waals surface area contributed by atoms with Gasteiger partial charge in [-0.15, -0.1) is 0 Å². The summed E-state index contributed by atoms with van der Waals surface area (Å²) in [5.74, 6) is -0.825. The number of carboxylic acid groups (broad SMARTS) is 1. The van der Waals surface area contributed by atoms with E-state index in [1.165, 1.54) is 30.0 Å². The van der Waals surface area contributed by atoms with Crippen molar-refractivity contribution in [2.45, 2.75) is 24.7 Å². The number of aliphatic carboxylic acids is 1. The summed E-state index contributed by atoms with van der Waals surface area (Å²) in [4.78, 5) is 9.60. The first-order valence-electron chi connectivity index (χ1n) is 10.4. The molecular formula is C26H21FO5S. The maximum absolute atomic E-state index is 14.0. The van der Waals surface area contributed by atoms with Crippen molar-refractivity contribution in [3.8, 4) is 11.3 Å². The van der Waals surface area contributed by atoms with E-state index in [1.54, 1.807) is 12.1 Å². The van der Waals surface area contributed by atoms with Crippen LogP contribution in [-0.4, -0.2) is 24.9 Å². The molecule has 1 aromatic heterocycles. The van der Waals surface area contributed by atoms with E-state index in [1.807, 2.05) is 18.2 Å². The van der Waals surface area contributed by atoms with Gasteiger partial charge in [-0.1, -0.05) is 48.5 Å². The fourth-order valence-electron chi connectivity index (χ4n) is 3.90. The Kier molecular flexibility index (Phi) is 6.42. The van der Waals surface area contributed by atoms with Crippen molar-refractivity contribution in [3.05, 3.63) is 95.8 Å². The van der Waals surface area contributed by atoms with Crippen molar-refractivity contribution < 1.29 is 27.1 Å². The van der Waals surface area contributed by atoms with Gasteiger partial charge in [-0.05, 0) is 54.3 Å². The van der Waals surface area contributed by atoms with Gasteiger partial charge in [-0.3, -0.25) is 4.79 Å². The Morgan fingerprint density at radius 3 is 2.27 bits per heavy atom. The van der Waals surface area contributed by atoms with Gasteiger partial charge >= 0.3 is 5.97 Å². The Bertz CT molecular complexity index is 1430. The minimum Gasteiger partial charge on any atom is -0.481 e. The molecule has 5 nitrogen and oxygen atoms in total. The standard InChI is InChI=1S/C23H17FO.C3H4O4S/c24-20-9-5-4-8-19(20)22-15-16-14-18(10-11-21(16)25-22)23(12-13-23)17-6-2-1-3-7-17;4-3(5)1-2-8(6)7/h1-11,14-15H,12-13H2;2H,1H2,(H,4,5). The van der Waals surface area contributed by atoms with E-state index in [2.05, 4.69) is 42.5 Å².